The molecular formula is C13H16I2N2O2. The fourth-order valence-electron chi connectivity index (χ4n) is 2.37. The predicted molar refractivity (Wildman–Crippen MR) is 91.2 cm³/mol. The molecule has 0 spiro atoms. The zero-order valence-electron chi connectivity index (χ0n) is 10.7. The highest BCUT2D eigenvalue weighted by molar-refractivity contribution is 14.1. The number of likely N-dealkylation sites (tertiary alicyclic amines) is 1. The number of carbonyl (C=O) groups is 1. The molecule has 0 N–H and O–H groups in total. The Kier molecular flexibility index (Phi) is 5.27. The van der Waals surface area contributed by atoms with Crippen molar-refractivity contribution >= 4 is 51.1 Å². The lowest BCUT2D eigenvalue weighted by atomic mass is 10.0. The van der Waals surface area contributed by atoms with Crippen LogP contribution in [0.1, 0.15) is 26.2 Å². The number of pyridine rings is 1. The van der Waals surface area contributed by atoms with E-state index in [-0.39, 0.29) is 11.3 Å². The van der Waals surface area contributed by atoms with Crippen LogP contribution in [0.25, 0.3) is 0 Å². The number of amides is 1. The monoisotopic (exact) mass is 486 g/mol. The first kappa shape index (κ1) is 15.3. The highest BCUT2D eigenvalue weighted by Crippen LogP contribution is 2.17. The normalized spacial score (nSPS) is 19.5. The van der Waals surface area contributed by atoms with Gasteiger partial charge in [-0.3, -0.25) is 9.59 Å². The van der Waals surface area contributed by atoms with E-state index in [1.165, 1.54) is 6.42 Å². The van der Waals surface area contributed by atoms with Crippen molar-refractivity contribution in [1.82, 2.24) is 9.47 Å². The summed E-state index contributed by atoms with van der Waals surface area (Å²) in [6, 6.07) is 0.332. The van der Waals surface area contributed by atoms with Gasteiger partial charge in [-0.05, 0) is 71.4 Å². The molecule has 1 aliphatic heterocycles. The molecule has 19 heavy (non-hydrogen) atoms. The van der Waals surface area contributed by atoms with Crippen LogP contribution in [0.5, 0.6) is 0 Å². The SMILES string of the molecule is C[C@H]1CCCCN1C(=O)Cn1cc(I)c(=O)c(I)c1. The summed E-state index contributed by atoms with van der Waals surface area (Å²) in [5, 5.41) is 0. The lowest BCUT2D eigenvalue weighted by Gasteiger charge is -2.33. The Hall–Kier alpha value is -0.120. The van der Waals surface area contributed by atoms with E-state index in [2.05, 4.69) is 6.92 Å². The molecule has 2 rings (SSSR count). The second-order valence-electron chi connectivity index (χ2n) is 4.89. The first-order valence-electron chi connectivity index (χ1n) is 6.33. The van der Waals surface area contributed by atoms with E-state index < -0.39 is 0 Å². The first-order chi connectivity index (χ1) is 8.99. The van der Waals surface area contributed by atoms with Gasteiger partial charge in [-0.1, -0.05) is 0 Å². The zero-order chi connectivity index (χ0) is 14.0. The van der Waals surface area contributed by atoms with Crippen molar-refractivity contribution in [3.63, 3.8) is 0 Å². The van der Waals surface area contributed by atoms with Crippen LogP contribution in [0.3, 0.4) is 0 Å². The molecule has 104 valence electrons. The number of aromatic nitrogens is 1. The number of nitrogens with zero attached hydrogens (tertiary/aromatic N) is 2. The van der Waals surface area contributed by atoms with E-state index >= 15 is 0 Å². The Balaban J connectivity index is 2.12. The second-order valence-corrected chi connectivity index (χ2v) is 7.21. The maximum absolute atomic E-state index is 12.3. The molecule has 1 saturated heterocycles. The summed E-state index contributed by atoms with van der Waals surface area (Å²) in [7, 11) is 0. The summed E-state index contributed by atoms with van der Waals surface area (Å²) in [5.41, 5.74) is 0.0382. The molecule has 0 aromatic carbocycles. The van der Waals surface area contributed by atoms with Gasteiger partial charge in [0.25, 0.3) is 0 Å². The van der Waals surface area contributed by atoms with Crippen LogP contribution < -0.4 is 5.43 Å². The fourth-order valence-corrected chi connectivity index (χ4v) is 4.18. The molecule has 1 atom stereocenters. The number of hydrogen-bond acceptors (Lipinski definition) is 2. The minimum absolute atomic E-state index is 0.0382. The van der Waals surface area contributed by atoms with Crippen molar-refractivity contribution in [2.75, 3.05) is 6.54 Å². The molecule has 0 unspecified atom stereocenters. The van der Waals surface area contributed by atoms with Crippen molar-refractivity contribution in [3.8, 4) is 0 Å². The third kappa shape index (κ3) is 3.71. The lowest BCUT2D eigenvalue weighted by Crippen LogP contribution is -2.43. The molecule has 0 aliphatic carbocycles. The number of hydrogen-bond donors (Lipinski definition) is 0. The molecule has 1 amide bonds. The van der Waals surface area contributed by atoms with E-state index in [0.717, 1.165) is 19.4 Å². The van der Waals surface area contributed by atoms with Gasteiger partial charge in [0.2, 0.25) is 11.3 Å². The average molecular weight is 486 g/mol. The van der Waals surface area contributed by atoms with Gasteiger partial charge in [0.15, 0.2) is 0 Å². The van der Waals surface area contributed by atoms with Crippen molar-refractivity contribution in [2.45, 2.75) is 38.8 Å². The van der Waals surface area contributed by atoms with Gasteiger partial charge >= 0.3 is 0 Å². The Morgan fingerprint density at radius 3 is 2.53 bits per heavy atom. The van der Waals surface area contributed by atoms with Crippen molar-refractivity contribution in [2.24, 2.45) is 0 Å². The van der Waals surface area contributed by atoms with Crippen LogP contribution in [-0.2, 0) is 11.3 Å². The molecule has 1 aromatic heterocycles. The number of halogens is 2. The van der Waals surface area contributed by atoms with Gasteiger partial charge in [-0.2, -0.15) is 0 Å². The van der Waals surface area contributed by atoms with E-state index in [4.69, 9.17) is 0 Å². The highest BCUT2D eigenvalue weighted by Gasteiger charge is 2.23. The molecule has 4 nitrogen and oxygen atoms in total. The zero-order valence-corrected chi connectivity index (χ0v) is 15.0. The van der Waals surface area contributed by atoms with Crippen LogP contribution in [0.2, 0.25) is 0 Å². The summed E-state index contributed by atoms with van der Waals surface area (Å²) >= 11 is 4.04. The van der Waals surface area contributed by atoms with Gasteiger partial charge in [0.05, 0.1) is 7.14 Å². The molecular weight excluding hydrogens is 470 g/mol. The maximum atomic E-state index is 12.3. The van der Waals surface area contributed by atoms with E-state index in [1.54, 1.807) is 12.4 Å². The van der Waals surface area contributed by atoms with Crippen LogP contribution in [-0.4, -0.2) is 28.0 Å². The Morgan fingerprint density at radius 2 is 1.95 bits per heavy atom. The molecule has 6 heteroatoms. The molecule has 1 aliphatic rings. The van der Waals surface area contributed by atoms with E-state index in [9.17, 15) is 9.59 Å². The summed E-state index contributed by atoms with van der Waals surface area (Å²) < 4.78 is 3.13. The van der Waals surface area contributed by atoms with Gasteiger partial charge in [0, 0.05) is 25.0 Å². The fraction of sp³-hybridized carbons (Fsp3) is 0.538. The average Bonchev–Trinajstić information content (AvgIpc) is 2.36. The Bertz CT molecular complexity index is 516. The molecule has 0 radical (unpaired) electrons. The van der Waals surface area contributed by atoms with Gasteiger partial charge in [-0.15, -0.1) is 0 Å². The number of carbonyl (C=O) groups excluding carboxylic acids is 1. The van der Waals surface area contributed by atoms with Crippen LogP contribution in [0.15, 0.2) is 17.2 Å². The summed E-state index contributed by atoms with van der Waals surface area (Å²) in [6.07, 6.45) is 6.88. The third-order valence-electron chi connectivity index (χ3n) is 3.43. The predicted octanol–water partition coefficient (Wildman–Crippen LogP) is 2.46. The minimum atomic E-state index is 0.0382. The molecule has 2 heterocycles. The summed E-state index contributed by atoms with van der Waals surface area (Å²) in [6.45, 7) is 3.28. The van der Waals surface area contributed by atoms with Gasteiger partial charge < -0.3 is 9.47 Å². The van der Waals surface area contributed by atoms with Crippen LogP contribution >= 0.6 is 45.2 Å². The largest absolute Gasteiger partial charge is 0.343 e. The minimum Gasteiger partial charge on any atom is -0.343 e. The quantitative estimate of drug-likeness (QED) is 0.604. The maximum Gasteiger partial charge on any atom is 0.242 e. The lowest BCUT2D eigenvalue weighted by molar-refractivity contribution is -0.135. The smallest absolute Gasteiger partial charge is 0.242 e. The van der Waals surface area contributed by atoms with Gasteiger partial charge in [-0.25, -0.2) is 0 Å². The highest BCUT2D eigenvalue weighted by atomic mass is 127. The van der Waals surface area contributed by atoms with Crippen LogP contribution in [0, 0.1) is 7.14 Å². The molecule has 1 fully saturated rings. The third-order valence-corrected chi connectivity index (χ3v) is 4.97. The summed E-state index contributed by atoms with van der Waals surface area (Å²) in [4.78, 5) is 25.9. The Morgan fingerprint density at radius 1 is 1.32 bits per heavy atom. The molecule has 1 aromatic rings. The molecule has 0 saturated carbocycles. The van der Waals surface area contributed by atoms with Crippen molar-refractivity contribution in [3.05, 3.63) is 29.8 Å². The number of rotatable bonds is 2. The second kappa shape index (κ2) is 6.55. The first-order valence-corrected chi connectivity index (χ1v) is 8.49. The van der Waals surface area contributed by atoms with Gasteiger partial charge in [0.1, 0.15) is 6.54 Å². The van der Waals surface area contributed by atoms with Crippen LogP contribution in [0.4, 0.5) is 0 Å². The molecule has 0 bridgehead atoms. The number of piperidine rings is 1. The Labute approximate surface area is 139 Å². The topological polar surface area (TPSA) is 42.3 Å². The van der Waals surface area contributed by atoms with Crippen molar-refractivity contribution in [1.29, 1.82) is 0 Å². The van der Waals surface area contributed by atoms with E-state index in [0.29, 0.717) is 19.7 Å². The standard InChI is InChI=1S/C13H16I2N2O2/c1-9-4-2-3-5-17(9)12(18)8-16-6-10(14)13(19)11(15)7-16/h6-7,9H,2-5,8H2,1H3/t9-/m0/s1. The summed E-state index contributed by atoms with van der Waals surface area (Å²) in [5.74, 6) is 0.141. The van der Waals surface area contributed by atoms with Crippen molar-refractivity contribution < 1.29 is 4.79 Å². The van der Waals surface area contributed by atoms with E-state index in [1.807, 2.05) is 54.6 Å².